The van der Waals surface area contributed by atoms with Crippen molar-refractivity contribution in [1.82, 2.24) is 14.9 Å². The molecule has 2 aromatic heterocycles. The Bertz CT molecular complexity index is 1350. The van der Waals surface area contributed by atoms with E-state index >= 15 is 0 Å². The molecule has 0 saturated carbocycles. The van der Waals surface area contributed by atoms with Crippen molar-refractivity contribution in [3.05, 3.63) is 82.6 Å². The van der Waals surface area contributed by atoms with Crippen molar-refractivity contribution in [2.24, 2.45) is 0 Å². The number of benzene rings is 1. The fourth-order valence-electron chi connectivity index (χ4n) is 3.54. The molecular formula is C22H19N5O3S. The van der Waals surface area contributed by atoms with Crippen LogP contribution in [0.4, 0.5) is 17.2 Å². The van der Waals surface area contributed by atoms with Gasteiger partial charge in [-0.1, -0.05) is 24.8 Å². The zero-order valence-electron chi connectivity index (χ0n) is 17.0. The van der Waals surface area contributed by atoms with Crippen LogP contribution in [0.15, 0.2) is 53.4 Å². The van der Waals surface area contributed by atoms with E-state index in [9.17, 15) is 13.2 Å². The number of para-hydroxylation sites is 1. The first-order valence-corrected chi connectivity index (χ1v) is 11.3. The SMILES string of the molecule is [C-]#[N+]c1cccc(Cc2cc(Nc3ccccc3S(C)(=O)=O)c3c(n2)CN(C)C3=O)n1. The lowest BCUT2D eigenvalue weighted by atomic mass is 10.1. The first kappa shape index (κ1) is 20.5. The van der Waals surface area contributed by atoms with Gasteiger partial charge in [-0.15, -0.1) is 4.98 Å². The van der Waals surface area contributed by atoms with Crippen LogP contribution < -0.4 is 5.32 Å². The van der Waals surface area contributed by atoms with Crippen LogP contribution in [0.5, 0.6) is 0 Å². The van der Waals surface area contributed by atoms with E-state index in [1.807, 2.05) is 6.07 Å². The lowest BCUT2D eigenvalue weighted by molar-refractivity contribution is 0.0817. The molecule has 4 rings (SSSR count). The van der Waals surface area contributed by atoms with E-state index in [2.05, 4.69) is 20.1 Å². The van der Waals surface area contributed by atoms with E-state index in [4.69, 9.17) is 6.57 Å². The summed E-state index contributed by atoms with van der Waals surface area (Å²) in [6, 6.07) is 13.5. The van der Waals surface area contributed by atoms with Crippen LogP contribution in [0.2, 0.25) is 0 Å². The monoisotopic (exact) mass is 433 g/mol. The molecule has 3 heterocycles. The van der Waals surface area contributed by atoms with Crippen LogP contribution in [0.25, 0.3) is 4.85 Å². The average Bonchev–Trinajstić information content (AvgIpc) is 3.01. The maximum atomic E-state index is 12.7. The number of rotatable bonds is 5. The maximum Gasteiger partial charge on any atom is 0.269 e. The second kappa shape index (κ2) is 7.81. The van der Waals surface area contributed by atoms with Crippen molar-refractivity contribution in [2.45, 2.75) is 17.9 Å². The summed E-state index contributed by atoms with van der Waals surface area (Å²) in [4.78, 5) is 26.7. The number of hydrogen-bond donors (Lipinski definition) is 1. The number of carbonyl (C=O) groups excluding carboxylic acids is 1. The van der Waals surface area contributed by atoms with Gasteiger partial charge in [-0.05, 0) is 30.3 Å². The molecule has 0 unspecified atom stereocenters. The van der Waals surface area contributed by atoms with Gasteiger partial charge in [0.1, 0.15) is 5.69 Å². The largest absolute Gasteiger partial charge is 0.361 e. The number of pyridine rings is 2. The summed E-state index contributed by atoms with van der Waals surface area (Å²) in [5, 5.41) is 3.14. The summed E-state index contributed by atoms with van der Waals surface area (Å²) in [5.74, 6) is 0.121. The highest BCUT2D eigenvalue weighted by molar-refractivity contribution is 7.90. The highest BCUT2D eigenvalue weighted by Crippen LogP contribution is 2.33. The fourth-order valence-corrected chi connectivity index (χ4v) is 4.38. The van der Waals surface area contributed by atoms with E-state index in [0.717, 1.165) is 6.26 Å². The van der Waals surface area contributed by atoms with E-state index in [0.29, 0.717) is 52.8 Å². The molecule has 1 N–H and O–H groups in total. The van der Waals surface area contributed by atoms with Crippen molar-refractivity contribution in [3.63, 3.8) is 0 Å². The highest BCUT2D eigenvalue weighted by atomic mass is 32.2. The summed E-state index contributed by atoms with van der Waals surface area (Å²) >= 11 is 0. The van der Waals surface area contributed by atoms with E-state index in [1.54, 1.807) is 48.3 Å². The zero-order chi connectivity index (χ0) is 22.2. The van der Waals surface area contributed by atoms with Crippen molar-refractivity contribution < 1.29 is 13.2 Å². The molecule has 8 nitrogen and oxygen atoms in total. The standard InChI is InChI=1S/C22H19N5O3S/c1-23-20-10-6-7-14(25-20)11-15-12-17(21-18(24-15)13-27(2)22(21)28)26-16-8-4-5-9-19(16)31(3,29)30/h4-10,12H,11,13H2,2-3H3,(H,24,26). The Morgan fingerprint density at radius 3 is 2.61 bits per heavy atom. The minimum absolute atomic E-state index is 0.146. The van der Waals surface area contributed by atoms with Crippen molar-refractivity contribution in [3.8, 4) is 0 Å². The van der Waals surface area contributed by atoms with Crippen LogP contribution >= 0.6 is 0 Å². The van der Waals surface area contributed by atoms with Crippen molar-refractivity contribution in [2.75, 3.05) is 18.6 Å². The first-order chi connectivity index (χ1) is 14.8. The molecule has 1 amide bonds. The number of fused-ring (bicyclic) bond motifs is 1. The minimum atomic E-state index is -3.47. The summed E-state index contributed by atoms with van der Waals surface area (Å²) < 4.78 is 24.4. The molecule has 0 bridgehead atoms. The Balaban J connectivity index is 1.79. The maximum absolute atomic E-state index is 12.7. The molecule has 156 valence electrons. The number of amides is 1. The highest BCUT2D eigenvalue weighted by Gasteiger charge is 2.30. The van der Waals surface area contributed by atoms with Crippen LogP contribution in [-0.2, 0) is 22.8 Å². The molecule has 0 aliphatic carbocycles. The number of sulfone groups is 1. The van der Waals surface area contributed by atoms with Crippen LogP contribution in [0.3, 0.4) is 0 Å². The molecule has 31 heavy (non-hydrogen) atoms. The van der Waals surface area contributed by atoms with Gasteiger partial charge in [0, 0.05) is 13.3 Å². The quantitative estimate of drug-likeness (QED) is 0.620. The van der Waals surface area contributed by atoms with Gasteiger partial charge < -0.3 is 15.1 Å². The molecule has 1 aliphatic heterocycles. The summed E-state index contributed by atoms with van der Waals surface area (Å²) in [6.45, 7) is 7.50. The van der Waals surface area contributed by atoms with Crippen LogP contribution in [0.1, 0.15) is 27.4 Å². The smallest absolute Gasteiger partial charge is 0.269 e. The minimum Gasteiger partial charge on any atom is -0.361 e. The summed E-state index contributed by atoms with van der Waals surface area (Å²) in [6.07, 6.45) is 1.52. The van der Waals surface area contributed by atoms with Gasteiger partial charge in [0.2, 0.25) is 0 Å². The van der Waals surface area contributed by atoms with Crippen LogP contribution in [0, 0.1) is 6.57 Å². The average molecular weight is 433 g/mol. The van der Waals surface area contributed by atoms with Gasteiger partial charge >= 0.3 is 0 Å². The third-order valence-electron chi connectivity index (χ3n) is 4.92. The first-order valence-electron chi connectivity index (χ1n) is 9.44. The predicted molar refractivity (Wildman–Crippen MR) is 116 cm³/mol. The Kier molecular flexibility index (Phi) is 5.17. The molecule has 1 aliphatic rings. The number of carbonyl (C=O) groups is 1. The topological polar surface area (TPSA) is 96.6 Å². The normalized spacial score (nSPS) is 13.1. The molecule has 0 atom stereocenters. The zero-order valence-corrected chi connectivity index (χ0v) is 17.8. The molecule has 0 radical (unpaired) electrons. The van der Waals surface area contributed by atoms with Gasteiger partial charge in [0.15, 0.2) is 9.84 Å². The van der Waals surface area contributed by atoms with Crippen molar-refractivity contribution >= 4 is 32.9 Å². The molecule has 3 aromatic rings. The van der Waals surface area contributed by atoms with Crippen LogP contribution in [-0.4, -0.2) is 42.5 Å². The molecule has 1 aromatic carbocycles. The van der Waals surface area contributed by atoms with Gasteiger partial charge in [0.25, 0.3) is 11.7 Å². The molecule has 9 heteroatoms. The van der Waals surface area contributed by atoms with Gasteiger partial charge in [-0.25, -0.2) is 8.42 Å². The Morgan fingerprint density at radius 2 is 1.87 bits per heavy atom. The van der Waals surface area contributed by atoms with Gasteiger partial charge in [-0.3, -0.25) is 9.78 Å². The molecule has 0 fully saturated rings. The molecular weight excluding hydrogens is 414 g/mol. The second-order valence-electron chi connectivity index (χ2n) is 7.31. The van der Waals surface area contributed by atoms with Gasteiger partial charge in [0.05, 0.1) is 46.2 Å². The van der Waals surface area contributed by atoms with E-state index < -0.39 is 9.84 Å². The van der Waals surface area contributed by atoms with E-state index in [-0.39, 0.29) is 10.8 Å². The third-order valence-corrected chi connectivity index (χ3v) is 6.07. The lowest BCUT2D eigenvalue weighted by Crippen LogP contribution is -2.18. The van der Waals surface area contributed by atoms with Gasteiger partial charge in [-0.2, -0.15) is 0 Å². The number of hydrogen-bond acceptors (Lipinski definition) is 6. The Hall–Kier alpha value is -3.77. The van der Waals surface area contributed by atoms with E-state index in [1.165, 1.54) is 6.07 Å². The Labute approximate surface area is 180 Å². The second-order valence-corrected chi connectivity index (χ2v) is 9.30. The third kappa shape index (κ3) is 4.11. The predicted octanol–water partition coefficient (Wildman–Crippen LogP) is 3.35. The number of aromatic nitrogens is 2. The molecule has 0 saturated heterocycles. The molecule has 0 spiro atoms. The van der Waals surface area contributed by atoms with Crippen molar-refractivity contribution in [1.29, 1.82) is 0 Å². The lowest BCUT2D eigenvalue weighted by Gasteiger charge is -2.14. The number of anilines is 2. The Morgan fingerprint density at radius 1 is 1.10 bits per heavy atom. The fraction of sp³-hybridized carbons (Fsp3) is 0.182. The number of nitrogens with one attached hydrogen (secondary N) is 1. The number of nitrogens with zero attached hydrogens (tertiary/aromatic N) is 4. The summed E-state index contributed by atoms with van der Waals surface area (Å²) in [7, 11) is -1.78. The summed E-state index contributed by atoms with van der Waals surface area (Å²) in [5.41, 5.74) is 3.27.